The van der Waals surface area contributed by atoms with Crippen LogP contribution in [-0.4, -0.2) is 45.8 Å². The van der Waals surface area contributed by atoms with Crippen molar-refractivity contribution in [2.24, 2.45) is 0 Å². The molecule has 0 spiro atoms. The van der Waals surface area contributed by atoms with Gasteiger partial charge in [0.2, 0.25) is 0 Å². The minimum absolute atomic E-state index is 0.0394. The molecule has 5 nitrogen and oxygen atoms in total. The lowest BCUT2D eigenvalue weighted by molar-refractivity contribution is -0.137. The summed E-state index contributed by atoms with van der Waals surface area (Å²) in [4.78, 5) is 16.6. The van der Waals surface area contributed by atoms with Crippen LogP contribution in [0.15, 0.2) is 36.4 Å². The number of phenolic OH excluding ortho intramolecular Hbond substituents is 1. The molecule has 4 rings (SSSR count). The zero-order chi connectivity index (χ0) is 25.5. The molecule has 1 aromatic heterocycles. The Morgan fingerprint density at radius 1 is 1.26 bits per heavy atom. The van der Waals surface area contributed by atoms with Gasteiger partial charge < -0.3 is 14.8 Å². The highest BCUT2D eigenvalue weighted by molar-refractivity contribution is 5.87. The molecule has 1 aliphatic heterocycles. The van der Waals surface area contributed by atoms with Gasteiger partial charge in [0.1, 0.15) is 23.1 Å². The third-order valence-electron chi connectivity index (χ3n) is 6.23. The van der Waals surface area contributed by atoms with Gasteiger partial charge in [-0.2, -0.15) is 0 Å². The molecule has 186 valence electrons. The summed E-state index contributed by atoms with van der Waals surface area (Å²) in [6.07, 6.45) is 2.92. The number of ether oxygens (including phenoxy) is 1. The fourth-order valence-electron chi connectivity index (χ4n) is 4.85. The van der Waals surface area contributed by atoms with Crippen LogP contribution >= 0.6 is 0 Å². The van der Waals surface area contributed by atoms with Gasteiger partial charge in [-0.05, 0) is 81.7 Å². The lowest BCUT2D eigenvalue weighted by Gasteiger charge is -2.43. The molecule has 8 heteroatoms. The number of carbonyl (C=O) groups excluding carboxylic acids is 1. The molecule has 2 atom stereocenters. The smallest absolute Gasteiger partial charge is 0.330 e. The number of hydrogen-bond acceptors (Lipinski definition) is 4. The number of halogens is 3. The topological polar surface area (TPSA) is 65.6 Å². The first-order valence-electron chi connectivity index (χ1n) is 11.6. The number of fused-ring (bicyclic) bond motifs is 3. The van der Waals surface area contributed by atoms with Gasteiger partial charge in [0.05, 0.1) is 12.6 Å². The number of alkyl halides is 1. The molecule has 2 heterocycles. The number of hydrogen-bond donors (Lipinski definition) is 2. The van der Waals surface area contributed by atoms with Crippen molar-refractivity contribution in [2.45, 2.75) is 51.9 Å². The first kappa shape index (κ1) is 24.9. The maximum atomic E-state index is 15.6. The second-order valence-corrected chi connectivity index (χ2v) is 9.58. The standard InChI is InChI=1S/C27H29F3N2O3/c1-5-35-23(34)9-6-16-11-20(28)24(21(29)12-16)26-25-19(10-15(2)32(26)14-27(3,4)30)18-13-17(33)7-8-22(18)31-25/h6-9,11-13,15,26,31,33H,5,10,14H2,1-4H3/b9-6+/t15-,26-/m1/s1. The van der Waals surface area contributed by atoms with Gasteiger partial charge in [-0.3, -0.25) is 4.90 Å². The highest BCUT2D eigenvalue weighted by atomic mass is 19.1. The quantitative estimate of drug-likeness (QED) is 0.341. The average molecular weight is 487 g/mol. The van der Waals surface area contributed by atoms with Crippen molar-refractivity contribution in [1.29, 1.82) is 0 Å². The zero-order valence-corrected chi connectivity index (χ0v) is 20.2. The Balaban J connectivity index is 1.86. The first-order valence-corrected chi connectivity index (χ1v) is 11.6. The van der Waals surface area contributed by atoms with Crippen LogP contribution < -0.4 is 0 Å². The van der Waals surface area contributed by atoms with E-state index in [4.69, 9.17) is 4.74 Å². The molecular formula is C27H29F3N2O3. The molecule has 2 aromatic carbocycles. The summed E-state index contributed by atoms with van der Waals surface area (Å²) in [6.45, 7) is 6.58. The number of esters is 1. The summed E-state index contributed by atoms with van der Waals surface area (Å²) in [6, 6.07) is 6.04. The average Bonchev–Trinajstić information content (AvgIpc) is 3.10. The fraction of sp³-hybridized carbons (Fsp3) is 0.370. The molecule has 0 radical (unpaired) electrons. The summed E-state index contributed by atoms with van der Waals surface area (Å²) < 4.78 is 50.8. The normalized spacial score (nSPS) is 18.8. The van der Waals surface area contributed by atoms with Crippen LogP contribution in [0.25, 0.3) is 17.0 Å². The van der Waals surface area contributed by atoms with Gasteiger partial charge in [-0.1, -0.05) is 0 Å². The van der Waals surface area contributed by atoms with Gasteiger partial charge in [0.25, 0.3) is 0 Å². The molecule has 0 unspecified atom stereocenters. The van der Waals surface area contributed by atoms with Crippen LogP contribution in [0.5, 0.6) is 5.75 Å². The summed E-state index contributed by atoms with van der Waals surface area (Å²) in [5, 5.41) is 10.8. The van der Waals surface area contributed by atoms with Crippen LogP contribution in [0, 0.1) is 11.6 Å². The van der Waals surface area contributed by atoms with Crippen molar-refractivity contribution >= 4 is 22.9 Å². The lowest BCUT2D eigenvalue weighted by Crippen LogP contribution is -2.48. The summed E-state index contributed by atoms with van der Waals surface area (Å²) >= 11 is 0. The van der Waals surface area contributed by atoms with Crippen LogP contribution in [0.1, 0.15) is 56.1 Å². The van der Waals surface area contributed by atoms with Crippen LogP contribution in [-0.2, 0) is 16.0 Å². The Labute approximate surface area is 202 Å². The molecule has 0 bridgehead atoms. The number of nitrogens with one attached hydrogen (secondary N) is 1. The number of nitrogens with zero attached hydrogens (tertiary/aromatic N) is 1. The molecule has 0 amide bonds. The van der Waals surface area contributed by atoms with E-state index >= 15 is 8.78 Å². The molecule has 2 N–H and O–H groups in total. The van der Waals surface area contributed by atoms with E-state index in [2.05, 4.69) is 4.98 Å². The first-order chi connectivity index (χ1) is 16.5. The summed E-state index contributed by atoms with van der Waals surface area (Å²) in [7, 11) is 0. The predicted octanol–water partition coefficient (Wildman–Crippen LogP) is 5.81. The van der Waals surface area contributed by atoms with E-state index in [1.54, 1.807) is 24.0 Å². The van der Waals surface area contributed by atoms with Gasteiger partial charge in [0, 0.05) is 40.8 Å². The maximum absolute atomic E-state index is 15.6. The van der Waals surface area contributed by atoms with Crippen molar-refractivity contribution in [3.05, 3.63) is 70.4 Å². The van der Waals surface area contributed by atoms with E-state index in [0.717, 1.165) is 34.7 Å². The Bertz CT molecular complexity index is 1270. The fourth-order valence-corrected chi connectivity index (χ4v) is 4.85. The molecular weight excluding hydrogens is 457 g/mol. The largest absolute Gasteiger partial charge is 0.508 e. The van der Waals surface area contributed by atoms with Crippen molar-refractivity contribution in [3.8, 4) is 5.75 Å². The van der Waals surface area contributed by atoms with Crippen LogP contribution in [0.2, 0.25) is 0 Å². The van der Waals surface area contributed by atoms with Gasteiger partial charge in [-0.15, -0.1) is 0 Å². The molecule has 0 saturated heterocycles. The number of aromatic nitrogens is 1. The van der Waals surface area contributed by atoms with Gasteiger partial charge >= 0.3 is 5.97 Å². The number of phenols is 1. The highest BCUT2D eigenvalue weighted by Gasteiger charge is 2.41. The minimum Gasteiger partial charge on any atom is -0.508 e. The maximum Gasteiger partial charge on any atom is 0.330 e. The van der Waals surface area contributed by atoms with E-state index in [0.29, 0.717) is 12.1 Å². The molecule has 0 fully saturated rings. The number of benzene rings is 2. The van der Waals surface area contributed by atoms with E-state index < -0.39 is 29.3 Å². The molecule has 35 heavy (non-hydrogen) atoms. The van der Waals surface area contributed by atoms with E-state index in [-0.39, 0.29) is 36.1 Å². The van der Waals surface area contributed by atoms with Crippen molar-refractivity contribution < 1.29 is 27.8 Å². The number of carbonyl (C=O) groups is 1. The zero-order valence-electron chi connectivity index (χ0n) is 20.2. The molecule has 0 saturated carbocycles. The van der Waals surface area contributed by atoms with Crippen molar-refractivity contribution in [2.75, 3.05) is 13.2 Å². The third-order valence-corrected chi connectivity index (χ3v) is 6.23. The second kappa shape index (κ2) is 9.41. The minimum atomic E-state index is -1.61. The van der Waals surface area contributed by atoms with Gasteiger partial charge in [-0.25, -0.2) is 18.0 Å². The second-order valence-electron chi connectivity index (χ2n) is 9.58. The highest BCUT2D eigenvalue weighted by Crippen LogP contribution is 2.43. The van der Waals surface area contributed by atoms with Crippen LogP contribution in [0.3, 0.4) is 0 Å². The Kier molecular flexibility index (Phi) is 6.68. The van der Waals surface area contributed by atoms with E-state index in [1.165, 1.54) is 26.0 Å². The number of aromatic amines is 1. The third kappa shape index (κ3) is 5.07. The predicted molar refractivity (Wildman–Crippen MR) is 129 cm³/mol. The Morgan fingerprint density at radius 3 is 2.57 bits per heavy atom. The van der Waals surface area contributed by atoms with E-state index in [1.807, 2.05) is 6.92 Å². The summed E-state index contributed by atoms with van der Waals surface area (Å²) in [5.41, 5.74) is 0.489. The van der Waals surface area contributed by atoms with Crippen molar-refractivity contribution in [1.82, 2.24) is 9.88 Å². The molecule has 0 aliphatic carbocycles. The number of aromatic hydroxyl groups is 1. The Hall–Kier alpha value is -3.26. The number of rotatable bonds is 6. The molecule has 1 aliphatic rings. The van der Waals surface area contributed by atoms with Gasteiger partial charge in [0.15, 0.2) is 0 Å². The summed E-state index contributed by atoms with van der Waals surface area (Å²) in [5.74, 6) is -2.13. The van der Waals surface area contributed by atoms with Crippen molar-refractivity contribution in [3.63, 3.8) is 0 Å². The van der Waals surface area contributed by atoms with E-state index in [9.17, 15) is 14.3 Å². The SMILES string of the molecule is CCOC(=O)/C=C/c1cc(F)c([C@@H]2c3[nH]c4ccc(O)cc4c3C[C@@H](C)N2CC(C)(C)F)c(F)c1. The Morgan fingerprint density at radius 2 is 1.94 bits per heavy atom. The number of H-pyrrole nitrogens is 1. The lowest BCUT2D eigenvalue weighted by atomic mass is 9.87. The van der Waals surface area contributed by atoms with Crippen LogP contribution in [0.4, 0.5) is 13.2 Å². The molecule has 3 aromatic rings. The monoisotopic (exact) mass is 486 g/mol.